The van der Waals surface area contributed by atoms with Gasteiger partial charge in [0.2, 0.25) is 0 Å². The summed E-state index contributed by atoms with van der Waals surface area (Å²) in [4.78, 5) is 6.74. The van der Waals surface area contributed by atoms with E-state index in [4.69, 9.17) is 4.74 Å². The average molecular weight is 464 g/mol. The summed E-state index contributed by atoms with van der Waals surface area (Å²) in [6, 6.07) is 0. The van der Waals surface area contributed by atoms with E-state index in [1.54, 1.807) is 0 Å². The summed E-state index contributed by atoms with van der Waals surface area (Å²) in [6.07, 6.45) is 1.94. The molecule has 0 aliphatic carbocycles. The van der Waals surface area contributed by atoms with Crippen LogP contribution in [0.4, 0.5) is 0 Å². The van der Waals surface area contributed by atoms with Gasteiger partial charge in [-0.15, -0.1) is 24.0 Å². The van der Waals surface area contributed by atoms with Crippen LogP contribution in [-0.4, -0.2) is 67.1 Å². The molecule has 0 amide bonds. The predicted octanol–water partition coefficient (Wildman–Crippen LogP) is 1.16. The van der Waals surface area contributed by atoms with Gasteiger partial charge in [0.1, 0.15) is 0 Å². The SMILES string of the molecule is CCc1nn(C)c(CC)c1CNC(=NC)NCCN1CCOCC1.I. The Morgan fingerprint density at radius 1 is 1.20 bits per heavy atom. The van der Waals surface area contributed by atoms with E-state index in [2.05, 4.69) is 39.5 Å². The molecule has 7 nitrogen and oxygen atoms in total. The first-order valence-corrected chi connectivity index (χ1v) is 8.97. The fraction of sp³-hybridized carbons (Fsp3) is 0.765. The van der Waals surface area contributed by atoms with Crippen LogP contribution in [0, 0.1) is 0 Å². The molecule has 1 aromatic heterocycles. The van der Waals surface area contributed by atoms with Crippen LogP contribution in [0.25, 0.3) is 0 Å². The summed E-state index contributed by atoms with van der Waals surface area (Å²) in [7, 11) is 3.84. The molecular formula is C17H33IN6O. The van der Waals surface area contributed by atoms with Crippen LogP contribution in [0.15, 0.2) is 4.99 Å². The van der Waals surface area contributed by atoms with Gasteiger partial charge in [0.05, 0.1) is 18.9 Å². The number of morpholine rings is 1. The quantitative estimate of drug-likeness (QED) is 0.360. The Morgan fingerprint density at radius 3 is 2.52 bits per heavy atom. The zero-order valence-electron chi connectivity index (χ0n) is 16.0. The van der Waals surface area contributed by atoms with Crippen molar-refractivity contribution in [3.8, 4) is 0 Å². The topological polar surface area (TPSA) is 66.7 Å². The van der Waals surface area contributed by atoms with E-state index >= 15 is 0 Å². The molecule has 0 aromatic carbocycles. The summed E-state index contributed by atoms with van der Waals surface area (Å²) < 4.78 is 7.38. The normalized spacial score (nSPS) is 15.8. The number of halogens is 1. The lowest BCUT2D eigenvalue weighted by molar-refractivity contribution is 0.0389. The summed E-state index contributed by atoms with van der Waals surface area (Å²) in [5.41, 5.74) is 3.77. The second kappa shape index (κ2) is 11.7. The second-order valence-corrected chi connectivity index (χ2v) is 6.01. The lowest BCUT2D eigenvalue weighted by atomic mass is 10.1. The van der Waals surface area contributed by atoms with Crippen molar-refractivity contribution < 1.29 is 4.74 Å². The highest BCUT2D eigenvalue weighted by Gasteiger charge is 2.14. The van der Waals surface area contributed by atoms with Gasteiger partial charge in [0.15, 0.2) is 5.96 Å². The minimum Gasteiger partial charge on any atom is -0.379 e. The number of ether oxygens (including phenoxy) is 1. The zero-order valence-corrected chi connectivity index (χ0v) is 18.3. The fourth-order valence-corrected chi connectivity index (χ4v) is 3.14. The standard InChI is InChI=1S/C17H32N6O.HI/c1-5-15-14(16(6-2)22(4)21-15)13-20-17(18-3)19-7-8-23-9-11-24-12-10-23;/h5-13H2,1-4H3,(H2,18,19,20);1H. The van der Waals surface area contributed by atoms with Gasteiger partial charge in [-0.05, 0) is 12.8 Å². The van der Waals surface area contributed by atoms with Crippen LogP contribution < -0.4 is 10.6 Å². The molecule has 0 unspecified atom stereocenters. The Morgan fingerprint density at radius 2 is 1.92 bits per heavy atom. The van der Waals surface area contributed by atoms with E-state index in [-0.39, 0.29) is 24.0 Å². The van der Waals surface area contributed by atoms with Gasteiger partial charge in [0, 0.05) is 58.1 Å². The van der Waals surface area contributed by atoms with Crippen LogP contribution in [-0.2, 0) is 31.2 Å². The van der Waals surface area contributed by atoms with Crippen LogP contribution in [0.2, 0.25) is 0 Å². The van der Waals surface area contributed by atoms with Gasteiger partial charge >= 0.3 is 0 Å². The van der Waals surface area contributed by atoms with Crippen molar-refractivity contribution in [2.75, 3.05) is 46.4 Å². The third-order valence-corrected chi connectivity index (χ3v) is 4.51. The molecule has 1 aromatic rings. The van der Waals surface area contributed by atoms with Crippen molar-refractivity contribution >= 4 is 29.9 Å². The number of rotatable bonds is 7. The third-order valence-electron chi connectivity index (χ3n) is 4.51. The monoisotopic (exact) mass is 464 g/mol. The Labute approximate surface area is 168 Å². The maximum Gasteiger partial charge on any atom is 0.191 e. The molecule has 2 N–H and O–H groups in total. The van der Waals surface area contributed by atoms with Gasteiger partial charge in [-0.3, -0.25) is 14.6 Å². The molecule has 2 rings (SSSR count). The maximum atomic E-state index is 5.38. The number of guanidine groups is 1. The molecule has 8 heteroatoms. The van der Waals surface area contributed by atoms with E-state index in [0.717, 1.165) is 64.7 Å². The average Bonchev–Trinajstić information content (AvgIpc) is 2.93. The second-order valence-electron chi connectivity index (χ2n) is 6.01. The molecule has 1 aliphatic rings. The first kappa shape index (κ1) is 22.2. The Bertz CT molecular complexity index is 539. The minimum atomic E-state index is 0. The van der Waals surface area contributed by atoms with Gasteiger partial charge in [-0.25, -0.2) is 0 Å². The number of hydrogen-bond acceptors (Lipinski definition) is 4. The van der Waals surface area contributed by atoms with Crippen molar-refractivity contribution in [1.82, 2.24) is 25.3 Å². The van der Waals surface area contributed by atoms with Crippen LogP contribution in [0.3, 0.4) is 0 Å². The number of hydrogen-bond donors (Lipinski definition) is 2. The molecule has 1 aliphatic heterocycles. The lowest BCUT2D eigenvalue weighted by Crippen LogP contribution is -2.44. The molecular weight excluding hydrogens is 431 g/mol. The predicted molar refractivity (Wildman–Crippen MR) is 113 cm³/mol. The van der Waals surface area contributed by atoms with Crippen molar-refractivity contribution in [2.45, 2.75) is 33.2 Å². The number of aryl methyl sites for hydroxylation is 2. The van der Waals surface area contributed by atoms with Crippen LogP contribution in [0.1, 0.15) is 30.8 Å². The number of aromatic nitrogens is 2. The Kier molecular flexibility index (Phi) is 10.4. The minimum absolute atomic E-state index is 0. The molecule has 0 atom stereocenters. The lowest BCUT2D eigenvalue weighted by Gasteiger charge is -2.26. The van der Waals surface area contributed by atoms with Gasteiger partial charge in [0.25, 0.3) is 0 Å². The highest BCUT2D eigenvalue weighted by molar-refractivity contribution is 14.0. The number of nitrogens with one attached hydrogen (secondary N) is 2. The van der Waals surface area contributed by atoms with Crippen molar-refractivity contribution in [3.05, 3.63) is 17.0 Å². The summed E-state index contributed by atoms with van der Waals surface area (Å²) in [5, 5.41) is 11.5. The van der Waals surface area contributed by atoms with Gasteiger partial charge in [-0.1, -0.05) is 13.8 Å². The largest absolute Gasteiger partial charge is 0.379 e. The molecule has 0 spiro atoms. The first-order chi connectivity index (χ1) is 11.7. The highest BCUT2D eigenvalue weighted by atomic mass is 127. The maximum absolute atomic E-state index is 5.38. The number of aliphatic imine (C=N–C) groups is 1. The fourth-order valence-electron chi connectivity index (χ4n) is 3.14. The van der Waals surface area contributed by atoms with E-state index in [1.807, 2.05) is 18.8 Å². The first-order valence-electron chi connectivity index (χ1n) is 8.97. The molecule has 1 fully saturated rings. The van der Waals surface area contributed by atoms with Crippen LogP contribution in [0.5, 0.6) is 0 Å². The number of nitrogens with zero attached hydrogens (tertiary/aromatic N) is 4. The highest BCUT2D eigenvalue weighted by Crippen LogP contribution is 2.15. The molecule has 1 saturated heterocycles. The molecule has 0 saturated carbocycles. The van der Waals surface area contributed by atoms with E-state index < -0.39 is 0 Å². The summed E-state index contributed by atoms with van der Waals surface area (Å²) in [5.74, 6) is 0.844. The van der Waals surface area contributed by atoms with Crippen LogP contribution >= 0.6 is 24.0 Å². The Hall–Kier alpha value is -0.870. The Balaban J connectivity index is 0.00000312. The third kappa shape index (κ3) is 6.41. The molecule has 25 heavy (non-hydrogen) atoms. The molecule has 144 valence electrons. The molecule has 0 radical (unpaired) electrons. The molecule has 2 heterocycles. The van der Waals surface area contributed by atoms with Crippen molar-refractivity contribution in [3.63, 3.8) is 0 Å². The van der Waals surface area contributed by atoms with Gasteiger partial charge in [-0.2, -0.15) is 5.10 Å². The smallest absolute Gasteiger partial charge is 0.191 e. The summed E-state index contributed by atoms with van der Waals surface area (Å²) >= 11 is 0. The van der Waals surface area contributed by atoms with Crippen molar-refractivity contribution in [1.29, 1.82) is 0 Å². The zero-order chi connectivity index (χ0) is 17.4. The van der Waals surface area contributed by atoms with Gasteiger partial charge < -0.3 is 15.4 Å². The van der Waals surface area contributed by atoms with E-state index in [1.165, 1.54) is 17.0 Å². The van der Waals surface area contributed by atoms with E-state index in [0.29, 0.717) is 0 Å². The summed E-state index contributed by atoms with van der Waals surface area (Å²) in [6.45, 7) is 10.7. The molecule has 0 bridgehead atoms. The van der Waals surface area contributed by atoms with Crippen molar-refractivity contribution in [2.24, 2.45) is 12.0 Å². The van der Waals surface area contributed by atoms with E-state index in [9.17, 15) is 0 Å².